The highest BCUT2D eigenvalue weighted by atomic mass is 79.9. The fourth-order valence-electron chi connectivity index (χ4n) is 1.35. The molecule has 0 amide bonds. The van der Waals surface area contributed by atoms with Crippen LogP contribution in [-0.2, 0) is 0 Å². The largest absolute Gasteiger partial charge is 0.207 e. The van der Waals surface area contributed by atoms with E-state index in [4.69, 9.17) is 0 Å². The van der Waals surface area contributed by atoms with E-state index in [0.717, 1.165) is 23.2 Å². The number of hydrogen-bond donors (Lipinski definition) is 0. The molecule has 0 bridgehead atoms. The van der Waals surface area contributed by atoms with E-state index in [9.17, 15) is 4.39 Å². The number of alkyl halides is 1. The molecule has 1 aromatic carbocycles. The lowest BCUT2D eigenvalue weighted by atomic mass is 10.1. The molecule has 0 saturated heterocycles. The van der Waals surface area contributed by atoms with E-state index in [-0.39, 0.29) is 10.6 Å². The van der Waals surface area contributed by atoms with Gasteiger partial charge in [0.1, 0.15) is 5.82 Å². The minimum atomic E-state index is -0.234. The predicted molar refractivity (Wildman–Crippen MR) is 84.6 cm³/mol. The van der Waals surface area contributed by atoms with Crippen LogP contribution in [0.2, 0.25) is 0 Å². The highest BCUT2D eigenvalue weighted by Crippen LogP contribution is 2.43. The fourth-order valence-corrected chi connectivity index (χ4v) is 5.01. The van der Waals surface area contributed by atoms with Crippen molar-refractivity contribution in [3.8, 4) is 0 Å². The van der Waals surface area contributed by atoms with Crippen molar-refractivity contribution in [1.29, 1.82) is 0 Å². The van der Waals surface area contributed by atoms with Crippen LogP contribution in [0.3, 0.4) is 0 Å². The van der Waals surface area contributed by atoms with Gasteiger partial charge in [-0.25, -0.2) is 4.39 Å². The van der Waals surface area contributed by atoms with Gasteiger partial charge in [0.15, 0.2) is 0 Å². The Balaban J connectivity index is 2.42. The Morgan fingerprint density at radius 2 is 1.76 bits per heavy atom. The van der Waals surface area contributed by atoms with Crippen LogP contribution in [0.25, 0.3) is 0 Å². The zero-order chi connectivity index (χ0) is 12.6. The van der Waals surface area contributed by atoms with Gasteiger partial charge in [0.2, 0.25) is 0 Å². The first-order valence-corrected chi connectivity index (χ1v) is 8.64. The van der Waals surface area contributed by atoms with Gasteiger partial charge in [0.05, 0.1) is 8.61 Å². The van der Waals surface area contributed by atoms with Crippen molar-refractivity contribution >= 4 is 75.1 Å². The van der Waals surface area contributed by atoms with Gasteiger partial charge in [0.25, 0.3) is 0 Å². The number of thiophene rings is 1. The van der Waals surface area contributed by atoms with Crippen molar-refractivity contribution in [2.24, 2.45) is 0 Å². The zero-order valence-electron chi connectivity index (χ0n) is 8.18. The Labute approximate surface area is 136 Å². The summed E-state index contributed by atoms with van der Waals surface area (Å²) >= 11 is 15.6. The average molecular weight is 508 g/mol. The predicted octanol–water partition coefficient (Wildman–Crippen LogP) is 6.66. The van der Waals surface area contributed by atoms with E-state index in [0.29, 0.717) is 0 Å². The number of hydrogen-bond acceptors (Lipinski definition) is 1. The van der Waals surface area contributed by atoms with Crippen molar-refractivity contribution in [2.45, 2.75) is 4.83 Å². The van der Waals surface area contributed by atoms with E-state index < -0.39 is 0 Å². The molecule has 0 aliphatic carbocycles. The summed E-state index contributed by atoms with van der Waals surface area (Å²) in [5.41, 5.74) is 0.881. The van der Waals surface area contributed by atoms with E-state index in [1.807, 2.05) is 6.07 Å². The maximum Gasteiger partial charge on any atom is 0.123 e. The van der Waals surface area contributed by atoms with Crippen molar-refractivity contribution in [2.75, 3.05) is 0 Å². The fraction of sp³-hybridized carbons (Fsp3) is 0.0909. The minimum absolute atomic E-state index is 0.0276. The van der Waals surface area contributed by atoms with E-state index in [1.54, 1.807) is 17.4 Å². The molecule has 1 heterocycles. The third kappa shape index (κ3) is 3.21. The molecular formula is C11H5Br4FS. The first-order chi connectivity index (χ1) is 7.99. The van der Waals surface area contributed by atoms with Gasteiger partial charge < -0.3 is 0 Å². The van der Waals surface area contributed by atoms with Gasteiger partial charge >= 0.3 is 0 Å². The van der Waals surface area contributed by atoms with Gasteiger partial charge in [-0.05, 0) is 61.7 Å². The van der Waals surface area contributed by atoms with Crippen molar-refractivity contribution < 1.29 is 4.39 Å². The molecule has 0 spiro atoms. The Bertz CT molecular complexity index is 533. The summed E-state index contributed by atoms with van der Waals surface area (Å²) in [4.78, 5) is 1.08. The van der Waals surface area contributed by atoms with E-state index >= 15 is 0 Å². The quantitative estimate of drug-likeness (QED) is 0.399. The molecule has 6 heteroatoms. The Hall–Kier alpha value is 0.770. The molecule has 1 aromatic heterocycles. The van der Waals surface area contributed by atoms with Gasteiger partial charge in [-0.2, -0.15) is 0 Å². The van der Waals surface area contributed by atoms with Gasteiger partial charge in [-0.15, -0.1) is 11.3 Å². The maximum absolute atomic E-state index is 13.3. The van der Waals surface area contributed by atoms with E-state index in [1.165, 1.54) is 12.1 Å². The molecule has 17 heavy (non-hydrogen) atoms. The summed E-state index contributed by atoms with van der Waals surface area (Å²) in [6.45, 7) is 0. The maximum atomic E-state index is 13.3. The van der Waals surface area contributed by atoms with Crippen molar-refractivity contribution in [3.05, 3.63) is 53.3 Å². The molecule has 0 N–H and O–H groups in total. The third-order valence-corrected chi connectivity index (χ3v) is 7.48. The summed E-state index contributed by atoms with van der Waals surface area (Å²) in [6.07, 6.45) is 0. The van der Waals surface area contributed by atoms with Crippen LogP contribution in [-0.4, -0.2) is 0 Å². The third-order valence-electron chi connectivity index (χ3n) is 2.15. The second-order valence-corrected chi connectivity index (χ2v) is 8.32. The second kappa shape index (κ2) is 5.82. The molecule has 0 aliphatic heterocycles. The lowest BCUT2D eigenvalue weighted by Gasteiger charge is -2.10. The standard InChI is InChI=1S/C11H5Br4FS/c12-7-2-1-5(16)3-6(7)10(14)9-4-8(13)11(15)17-9/h1-4,10H. The molecule has 0 fully saturated rings. The lowest BCUT2D eigenvalue weighted by molar-refractivity contribution is 0.625. The molecule has 2 rings (SSSR count). The second-order valence-electron chi connectivity index (χ2n) is 3.30. The summed E-state index contributed by atoms with van der Waals surface area (Å²) in [7, 11) is 0. The molecule has 0 radical (unpaired) electrons. The van der Waals surface area contributed by atoms with Crippen LogP contribution in [0, 0.1) is 5.82 Å². The average Bonchev–Trinajstić information content (AvgIpc) is 2.62. The van der Waals surface area contributed by atoms with Crippen LogP contribution >= 0.6 is 75.1 Å². The molecular weight excluding hydrogens is 503 g/mol. The molecule has 1 atom stereocenters. The highest BCUT2D eigenvalue weighted by Gasteiger charge is 2.17. The number of rotatable bonds is 2. The molecule has 0 saturated carbocycles. The molecule has 0 nitrogen and oxygen atoms in total. The van der Waals surface area contributed by atoms with Gasteiger partial charge in [0, 0.05) is 13.8 Å². The molecule has 1 unspecified atom stereocenters. The van der Waals surface area contributed by atoms with Crippen molar-refractivity contribution in [1.82, 2.24) is 0 Å². The van der Waals surface area contributed by atoms with E-state index in [2.05, 4.69) is 63.7 Å². The summed E-state index contributed by atoms with van der Waals surface area (Å²) in [5, 5.41) is 0. The molecule has 90 valence electrons. The summed E-state index contributed by atoms with van der Waals surface area (Å²) in [5.74, 6) is -0.234. The first-order valence-electron chi connectivity index (χ1n) is 4.53. The van der Waals surface area contributed by atoms with Crippen LogP contribution in [0.4, 0.5) is 4.39 Å². The van der Waals surface area contributed by atoms with Crippen molar-refractivity contribution in [3.63, 3.8) is 0 Å². The smallest absolute Gasteiger partial charge is 0.123 e. The SMILES string of the molecule is Fc1ccc(Br)c(C(Br)c2cc(Br)c(Br)s2)c1. The lowest BCUT2D eigenvalue weighted by Crippen LogP contribution is -1.92. The highest BCUT2D eigenvalue weighted by molar-refractivity contribution is 9.13. The van der Waals surface area contributed by atoms with Crippen LogP contribution in [0.15, 0.2) is 37.0 Å². The molecule has 2 aromatic rings. The van der Waals surface area contributed by atoms with Crippen LogP contribution in [0.1, 0.15) is 15.3 Å². The van der Waals surface area contributed by atoms with Crippen LogP contribution < -0.4 is 0 Å². The zero-order valence-corrected chi connectivity index (χ0v) is 15.3. The van der Waals surface area contributed by atoms with Crippen LogP contribution in [0.5, 0.6) is 0 Å². The number of benzene rings is 1. The Morgan fingerprint density at radius 3 is 2.35 bits per heavy atom. The Morgan fingerprint density at radius 1 is 1.06 bits per heavy atom. The van der Waals surface area contributed by atoms with Gasteiger partial charge in [-0.3, -0.25) is 0 Å². The molecule has 0 aliphatic rings. The first kappa shape index (κ1) is 14.2. The summed E-state index contributed by atoms with van der Waals surface area (Å²) in [6, 6.07) is 6.71. The van der Waals surface area contributed by atoms with Gasteiger partial charge in [-0.1, -0.05) is 31.9 Å². The normalized spacial score (nSPS) is 12.8. The minimum Gasteiger partial charge on any atom is -0.207 e. The topological polar surface area (TPSA) is 0 Å². The monoisotopic (exact) mass is 504 g/mol. The summed E-state index contributed by atoms with van der Waals surface area (Å²) < 4.78 is 16.2. The Kier molecular flexibility index (Phi) is 4.86. The number of halogens is 5.